The van der Waals surface area contributed by atoms with Crippen LogP contribution in [-0.4, -0.2) is 26.7 Å². The zero-order valence-electron chi connectivity index (χ0n) is 14.1. The highest BCUT2D eigenvalue weighted by atomic mass is 19.4. The molecule has 0 bridgehead atoms. The monoisotopic (exact) mass is 373 g/mol. The van der Waals surface area contributed by atoms with E-state index in [2.05, 4.69) is 15.1 Å². The molecule has 6 nitrogen and oxygen atoms in total. The lowest BCUT2D eigenvalue weighted by atomic mass is 10.0. The zero-order valence-corrected chi connectivity index (χ0v) is 14.1. The number of halogens is 3. The van der Waals surface area contributed by atoms with Crippen LogP contribution in [0.5, 0.6) is 5.75 Å². The van der Waals surface area contributed by atoms with Crippen LogP contribution >= 0.6 is 0 Å². The molecule has 0 fully saturated rings. The summed E-state index contributed by atoms with van der Waals surface area (Å²) in [6, 6.07) is 9.66. The van der Waals surface area contributed by atoms with Crippen LogP contribution < -0.4 is 10.5 Å². The van der Waals surface area contributed by atoms with Gasteiger partial charge in [0.1, 0.15) is 5.75 Å². The first-order valence-corrected chi connectivity index (χ1v) is 7.92. The summed E-state index contributed by atoms with van der Waals surface area (Å²) in [6.45, 7) is 0. The van der Waals surface area contributed by atoms with E-state index in [9.17, 15) is 13.2 Å². The third-order valence-corrected chi connectivity index (χ3v) is 4.17. The van der Waals surface area contributed by atoms with Crippen LogP contribution in [0.2, 0.25) is 0 Å². The van der Waals surface area contributed by atoms with Crippen molar-refractivity contribution in [2.75, 3.05) is 12.8 Å². The fourth-order valence-electron chi connectivity index (χ4n) is 2.93. The summed E-state index contributed by atoms with van der Waals surface area (Å²) in [5.41, 5.74) is 6.07. The number of H-pyrrole nitrogens is 1. The number of alkyl halides is 3. The number of methoxy groups -OCH3 is 1. The Hall–Kier alpha value is -3.49. The highest BCUT2D eigenvalue weighted by molar-refractivity contribution is 5.85. The van der Waals surface area contributed by atoms with Gasteiger partial charge in [0.05, 0.1) is 18.4 Å². The second kappa shape index (κ2) is 6.04. The first kappa shape index (κ1) is 17.0. The van der Waals surface area contributed by atoms with Crippen LogP contribution in [0.15, 0.2) is 48.8 Å². The first-order chi connectivity index (χ1) is 12.9. The van der Waals surface area contributed by atoms with Gasteiger partial charge in [-0.05, 0) is 29.8 Å². The largest absolute Gasteiger partial charge is 0.497 e. The van der Waals surface area contributed by atoms with Crippen molar-refractivity contribution in [3.63, 3.8) is 0 Å². The average Bonchev–Trinajstić information content (AvgIpc) is 3.26. The van der Waals surface area contributed by atoms with Crippen LogP contribution in [0.3, 0.4) is 0 Å². The lowest BCUT2D eigenvalue weighted by Crippen LogP contribution is -2.12. The van der Waals surface area contributed by atoms with E-state index in [0.717, 1.165) is 0 Å². The van der Waals surface area contributed by atoms with Crippen molar-refractivity contribution in [2.45, 2.75) is 6.18 Å². The number of aromatic amines is 1. The average molecular weight is 373 g/mol. The molecule has 0 unspecified atom stereocenters. The molecule has 138 valence electrons. The van der Waals surface area contributed by atoms with Crippen molar-refractivity contribution in [3.8, 4) is 28.1 Å². The number of benzene rings is 1. The lowest BCUT2D eigenvalue weighted by molar-refractivity contribution is -0.140. The molecule has 0 saturated heterocycles. The van der Waals surface area contributed by atoms with E-state index in [-0.39, 0.29) is 17.0 Å². The zero-order chi connectivity index (χ0) is 19.2. The van der Waals surface area contributed by atoms with Gasteiger partial charge in [-0.1, -0.05) is 12.1 Å². The molecule has 4 aromatic rings. The van der Waals surface area contributed by atoms with Crippen LogP contribution in [0.1, 0.15) is 5.69 Å². The number of hydrogen-bond donors (Lipinski definition) is 2. The standard InChI is InChI=1S/C18H14F3N5O/c1-27-11-6-4-10(5-7-11)12-9-26-17(24-15(12)18(19,20)21)14(16(22)25-26)13-3-2-8-23-13/h2-9,23H,1H3,(H2,22,25). The molecule has 0 amide bonds. The number of anilines is 1. The number of aromatic nitrogens is 4. The number of nitrogens with zero attached hydrogens (tertiary/aromatic N) is 3. The number of nitrogen functional groups attached to an aromatic ring is 1. The number of rotatable bonds is 3. The number of nitrogens with one attached hydrogen (secondary N) is 1. The Kier molecular flexibility index (Phi) is 3.79. The summed E-state index contributed by atoms with van der Waals surface area (Å²) in [5, 5.41) is 4.13. The van der Waals surface area contributed by atoms with E-state index < -0.39 is 11.9 Å². The highest BCUT2D eigenvalue weighted by Crippen LogP contribution is 2.38. The fraction of sp³-hybridized carbons (Fsp3) is 0.111. The van der Waals surface area contributed by atoms with E-state index in [4.69, 9.17) is 10.5 Å². The Morgan fingerprint density at radius 2 is 1.89 bits per heavy atom. The molecule has 9 heteroatoms. The van der Waals surface area contributed by atoms with E-state index in [1.807, 2.05) is 0 Å². The van der Waals surface area contributed by atoms with Crippen molar-refractivity contribution in [2.24, 2.45) is 0 Å². The number of fused-ring (bicyclic) bond motifs is 1. The highest BCUT2D eigenvalue weighted by Gasteiger charge is 2.37. The molecule has 3 aromatic heterocycles. The Balaban J connectivity index is 1.99. The number of nitrogens with two attached hydrogens (primary N) is 1. The summed E-state index contributed by atoms with van der Waals surface area (Å²) >= 11 is 0. The Morgan fingerprint density at radius 1 is 1.15 bits per heavy atom. The van der Waals surface area contributed by atoms with E-state index >= 15 is 0 Å². The summed E-state index contributed by atoms with van der Waals surface area (Å²) in [7, 11) is 1.48. The normalized spacial score (nSPS) is 11.9. The quantitative estimate of drug-likeness (QED) is 0.569. The molecule has 3 heterocycles. The SMILES string of the molecule is COc1ccc(-c2cn3nc(N)c(-c4ccc[nH]4)c3nc2C(F)(F)F)cc1. The fourth-order valence-corrected chi connectivity index (χ4v) is 2.93. The van der Waals surface area contributed by atoms with Crippen molar-refractivity contribution in [3.05, 3.63) is 54.5 Å². The maximum absolute atomic E-state index is 13.7. The minimum Gasteiger partial charge on any atom is -0.497 e. The van der Waals surface area contributed by atoms with Gasteiger partial charge >= 0.3 is 6.18 Å². The van der Waals surface area contributed by atoms with Gasteiger partial charge in [0.15, 0.2) is 17.2 Å². The van der Waals surface area contributed by atoms with E-state index in [1.165, 1.54) is 30.0 Å². The molecule has 0 spiro atoms. The molecule has 3 N–H and O–H groups in total. The second-order valence-electron chi connectivity index (χ2n) is 5.84. The van der Waals surface area contributed by atoms with Crippen LogP contribution in [-0.2, 0) is 6.18 Å². The molecule has 0 saturated carbocycles. The van der Waals surface area contributed by atoms with Crippen LogP contribution in [0, 0.1) is 0 Å². The third kappa shape index (κ3) is 2.86. The van der Waals surface area contributed by atoms with Crippen molar-refractivity contribution < 1.29 is 17.9 Å². The molecular formula is C18H14F3N5O. The molecular weight excluding hydrogens is 359 g/mol. The maximum atomic E-state index is 13.7. The minimum atomic E-state index is -4.65. The molecule has 0 radical (unpaired) electrons. The molecule has 0 aliphatic rings. The van der Waals surface area contributed by atoms with Gasteiger partial charge in [0, 0.05) is 18.0 Å². The number of hydrogen-bond acceptors (Lipinski definition) is 4. The predicted molar refractivity (Wildman–Crippen MR) is 94.2 cm³/mol. The topological polar surface area (TPSA) is 81.2 Å². The van der Waals surface area contributed by atoms with E-state index in [0.29, 0.717) is 22.6 Å². The van der Waals surface area contributed by atoms with Crippen molar-refractivity contribution >= 4 is 11.5 Å². The van der Waals surface area contributed by atoms with E-state index in [1.54, 1.807) is 30.5 Å². The second-order valence-corrected chi connectivity index (χ2v) is 5.84. The van der Waals surface area contributed by atoms with Crippen molar-refractivity contribution in [1.29, 1.82) is 0 Å². The molecule has 1 aromatic carbocycles. The molecule has 0 aliphatic heterocycles. The van der Waals surface area contributed by atoms with Gasteiger partial charge in [-0.3, -0.25) is 0 Å². The summed E-state index contributed by atoms with van der Waals surface area (Å²) in [5.74, 6) is 0.628. The summed E-state index contributed by atoms with van der Waals surface area (Å²) < 4.78 is 47.5. The van der Waals surface area contributed by atoms with Gasteiger partial charge in [-0.25, -0.2) is 9.50 Å². The van der Waals surface area contributed by atoms with Gasteiger partial charge in [-0.2, -0.15) is 13.2 Å². The molecule has 0 atom stereocenters. The third-order valence-electron chi connectivity index (χ3n) is 4.17. The molecule has 0 aliphatic carbocycles. The molecule has 4 rings (SSSR count). The van der Waals surface area contributed by atoms with Gasteiger partial charge in [0.25, 0.3) is 0 Å². The number of ether oxygens (including phenoxy) is 1. The minimum absolute atomic E-state index is 0.0273. The summed E-state index contributed by atoms with van der Waals surface area (Å²) in [4.78, 5) is 6.81. The first-order valence-electron chi connectivity index (χ1n) is 7.92. The maximum Gasteiger partial charge on any atom is 0.434 e. The Morgan fingerprint density at radius 3 is 2.48 bits per heavy atom. The van der Waals surface area contributed by atoms with Gasteiger partial charge < -0.3 is 15.5 Å². The van der Waals surface area contributed by atoms with Crippen molar-refractivity contribution in [1.82, 2.24) is 19.6 Å². The molecule has 27 heavy (non-hydrogen) atoms. The van der Waals surface area contributed by atoms with Crippen LogP contribution in [0.25, 0.3) is 28.0 Å². The van der Waals surface area contributed by atoms with Crippen LogP contribution in [0.4, 0.5) is 19.0 Å². The van der Waals surface area contributed by atoms with Gasteiger partial charge in [0.2, 0.25) is 0 Å². The predicted octanol–water partition coefficient (Wildman–Crippen LogP) is 4.00. The summed E-state index contributed by atoms with van der Waals surface area (Å²) in [6.07, 6.45) is -1.71. The smallest absolute Gasteiger partial charge is 0.434 e. The Bertz CT molecular complexity index is 1100. The van der Waals surface area contributed by atoms with Gasteiger partial charge in [-0.15, -0.1) is 5.10 Å². The Labute approximate surface area is 151 Å². The lowest BCUT2D eigenvalue weighted by Gasteiger charge is -2.13.